The number of halogens is 3. The lowest BCUT2D eigenvalue weighted by molar-refractivity contribution is -0.161. The zero-order valence-electron chi connectivity index (χ0n) is 12.5. The van der Waals surface area contributed by atoms with Gasteiger partial charge in [-0.15, -0.1) is 0 Å². The topological polar surface area (TPSA) is 71.2 Å². The summed E-state index contributed by atoms with van der Waals surface area (Å²) >= 11 is 0. The van der Waals surface area contributed by atoms with E-state index in [0.717, 1.165) is 0 Å². The molecule has 126 valence electrons. The Hall–Kier alpha value is -2.90. The molecule has 0 saturated carbocycles. The minimum atomic E-state index is -4.56. The zero-order chi connectivity index (χ0) is 17.7. The second kappa shape index (κ2) is 7.12. The van der Waals surface area contributed by atoms with Crippen molar-refractivity contribution in [2.24, 2.45) is 10.2 Å². The van der Waals surface area contributed by atoms with Crippen LogP contribution >= 0.6 is 0 Å². The Labute approximate surface area is 135 Å². The molecule has 1 N–H and O–H groups in total. The largest absolute Gasteiger partial charge is 0.508 e. The highest BCUT2D eigenvalue weighted by Crippen LogP contribution is 2.24. The Morgan fingerprint density at radius 3 is 2.25 bits per heavy atom. The van der Waals surface area contributed by atoms with Crippen molar-refractivity contribution in [3.05, 3.63) is 53.6 Å². The summed E-state index contributed by atoms with van der Waals surface area (Å²) in [5.74, 6) is -0.916. The summed E-state index contributed by atoms with van der Waals surface area (Å²) in [5, 5.41) is 17.3. The number of esters is 1. The highest BCUT2D eigenvalue weighted by molar-refractivity contribution is 5.89. The lowest BCUT2D eigenvalue weighted by Gasteiger charge is -2.07. The van der Waals surface area contributed by atoms with Crippen LogP contribution < -0.4 is 0 Å². The molecule has 2 aromatic rings. The predicted octanol–water partition coefficient (Wildman–Crippen LogP) is 4.84. The number of ether oxygens (including phenoxy) is 1. The lowest BCUT2D eigenvalue weighted by Crippen LogP contribution is -2.20. The van der Waals surface area contributed by atoms with Gasteiger partial charge in [0.25, 0.3) is 0 Å². The quantitative estimate of drug-likeness (QED) is 0.641. The number of carbonyl (C=O) groups is 1. The third-order valence-corrected chi connectivity index (χ3v) is 2.93. The Kier molecular flexibility index (Phi) is 5.18. The number of hydrogen-bond donors (Lipinski definition) is 1. The molecular formula is C16H13F3N2O3. The summed E-state index contributed by atoms with van der Waals surface area (Å²) in [6.07, 6.45) is -4.56. The Morgan fingerprint density at radius 1 is 1.08 bits per heavy atom. The van der Waals surface area contributed by atoms with Crippen molar-refractivity contribution in [1.29, 1.82) is 0 Å². The molecule has 0 heterocycles. The van der Waals surface area contributed by atoms with Crippen molar-refractivity contribution in [3.63, 3.8) is 0 Å². The summed E-state index contributed by atoms with van der Waals surface area (Å²) in [7, 11) is 0. The van der Waals surface area contributed by atoms with Crippen LogP contribution in [0, 0.1) is 6.92 Å². The Morgan fingerprint density at radius 2 is 1.67 bits per heavy atom. The van der Waals surface area contributed by atoms with Crippen LogP contribution in [0.25, 0.3) is 0 Å². The predicted molar refractivity (Wildman–Crippen MR) is 79.8 cm³/mol. The number of phenols is 1. The van der Waals surface area contributed by atoms with Gasteiger partial charge in [0.2, 0.25) is 0 Å². The van der Waals surface area contributed by atoms with E-state index in [2.05, 4.69) is 15.0 Å². The molecule has 0 bridgehead atoms. The molecule has 0 amide bonds. The first-order chi connectivity index (χ1) is 11.2. The van der Waals surface area contributed by atoms with E-state index in [1.807, 2.05) is 0 Å². The number of rotatable bonds is 4. The number of aryl methyl sites for hydroxylation is 1. The summed E-state index contributed by atoms with van der Waals surface area (Å²) in [5.41, 5.74) is 1.57. The summed E-state index contributed by atoms with van der Waals surface area (Å²) < 4.78 is 40.1. The fraction of sp³-hybridized carbons (Fsp3) is 0.188. The van der Waals surface area contributed by atoms with Gasteiger partial charge in [-0.2, -0.15) is 23.4 Å². The van der Waals surface area contributed by atoms with Crippen LogP contribution in [0.1, 0.15) is 15.9 Å². The lowest BCUT2D eigenvalue weighted by atomic mass is 10.2. The zero-order valence-corrected chi connectivity index (χ0v) is 12.5. The molecule has 8 heteroatoms. The monoisotopic (exact) mass is 338 g/mol. The minimum Gasteiger partial charge on any atom is -0.508 e. The average molecular weight is 338 g/mol. The Balaban J connectivity index is 2.02. The van der Waals surface area contributed by atoms with Gasteiger partial charge in [-0.05, 0) is 55.0 Å². The van der Waals surface area contributed by atoms with Crippen LogP contribution in [0.3, 0.4) is 0 Å². The average Bonchev–Trinajstić information content (AvgIpc) is 2.53. The molecule has 0 unspecified atom stereocenters. The van der Waals surface area contributed by atoms with Crippen molar-refractivity contribution in [3.8, 4) is 5.75 Å². The molecule has 0 spiro atoms. The van der Waals surface area contributed by atoms with Crippen molar-refractivity contribution in [2.75, 3.05) is 6.61 Å². The van der Waals surface area contributed by atoms with Crippen LogP contribution in [-0.4, -0.2) is 23.9 Å². The smallest absolute Gasteiger partial charge is 0.422 e. The second-order valence-electron chi connectivity index (χ2n) is 4.91. The van der Waals surface area contributed by atoms with E-state index < -0.39 is 18.8 Å². The molecule has 24 heavy (non-hydrogen) atoms. The van der Waals surface area contributed by atoms with Gasteiger partial charge < -0.3 is 9.84 Å². The van der Waals surface area contributed by atoms with Gasteiger partial charge in [-0.1, -0.05) is 0 Å². The molecule has 2 rings (SSSR count). The molecule has 0 fully saturated rings. The first kappa shape index (κ1) is 17.5. The molecule has 0 aliphatic carbocycles. The SMILES string of the molecule is Cc1cc(N=Nc2ccc(C(=O)OCC(F)(F)F)cc2)ccc1O. The van der Waals surface area contributed by atoms with Gasteiger partial charge in [-0.3, -0.25) is 0 Å². The third kappa shape index (κ3) is 5.08. The minimum absolute atomic E-state index is 0.0151. The fourth-order valence-corrected chi connectivity index (χ4v) is 1.71. The van der Waals surface area contributed by atoms with Gasteiger partial charge >= 0.3 is 12.1 Å². The normalized spacial score (nSPS) is 11.7. The molecule has 2 aromatic carbocycles. The first-order valence-electron chi connectivity index (χ1n) is 6.80. The van der Waals surface area contributed by atoms with E-state index in [-0.39, 0.29) is 11.3 Å². The van der Waals surface area contributed by atoms with Gasteiger partial charge in [-0.25, -0.2) is 4.79 Å². The van der Waals surface area contributed by atoms with Crippen molar-refractivity contribution in [1.82, 2.24) is 0 Å². The van der Waals surface area contributed by atoms with Gasteiger partial charge in [0, 0.05) is 0 Å². The van der Waals surface area contributed by atoms with Crippen LogP contribution in [0.15, 0.2) is 52.7 Å². The standard InChI is InChI=1S/C16H13F3N2O3/c1-10-8-13(6-7-14(10)22)21-20-12-4-2-11(3-5-12)15(23)24-9-16(17,18)19/h2-8,22H,9H2,1H3. The molecule has 0 aliphatic heterocycles. The number of alkyl halides is 3. The van der Waals surface area contributed by atoms with E-state index in [4.69, 9.17) is 0 Å². The molecule has 0 radical (unpaired) electrons. The number of phenolic OH excluding ortho intramolecular Hbond substituents is 1. The van der Waals surface area contributed by atoms with E-state index in [9.17, 15) is 23.1 Å². The third-order valence-electron chi connectivity index (χ3n) is 2.93. The number of nitrogens with zero attached hydrogens (tertiary/aromatic N) is 2. The molecule has 0 aromatic heterocycles. The highest BCUT2D eigenvalue weighted by Gasteiger charge is 2.29. The van der Waals surface area contributed by atoms with Crippen LogP contribution in [0.5, 0.6) is 5.75 Å². The summed E-state index contributed by atoms with van der Waals surface area (Å²) in [6.45, 7) is 0.0865. The van der Waals surface area contributed by atoms with Gasteiger partial charge in [0.1, 0.15) is 5.75 Å². The van der Waals surface area contributed by atoms with E-state index in [1.165, 1.54) is 30.3 Å². The van der Waals surface area contributed by atoms with Gasteiger partial charge in [0.05, 0.1) is 16.9 Å². The number of benzene rings is 2. The van der Waals surface area contributed by atoms with E-state index >= 15 is 0 Å². The molecule has 0 aliphatic rings. The van der Waals surface area contributed by atoms with Gasteiger partial charge in [0.15, 0.2) is 6.61 Å². The van der Waals surface area contributed by atoms with E-state index in [0.29, 0.717) is 16.9 Å². The van der Waals surface area contributed by atoms with Crippen molar-refractivity contribution >= 4 is 17.3 Å². The van der Waals surface area contributed by atoms with Crippen LogP contribution in [0.4, 0.5) is 24.5 Å². The number of hydrogen-bond acceptors (Lipinski definition) is 5. The maximum Gasteiger partial charge on any atom is 0.422 e. The number of aromatic hydroxyl groups is 1. The first-order valence-corrected chi connectivity index (χ1v) is 6.80. The van der Waals surface area contributed by atoms with Crippen molar-refractivity contribution < 1.29 is 27.8 Å². The summed E-state index contributed by atoms with van der Waals surface area (Å²) in [6, 6.07) is 10.2. The molecular weight excluding hydrogens is 325 g/mol. The van der Waals surface area contributed by atoms with Crippen LogP contribution in [-0.2, 0) is 4.74 Å². The van der Waals surface area contributed by atoms with E-state index in [1.54, 1.807) is 19.1 Å². The highest BCUT2D eigenvalue weighted by atomic mass is 19.4. The molecule has 0 saturated heterocycles. The fourth-order valence-electron chi connectivity index (χ4n) is 1.71. The Bertz CT molecular complexity index is 756. The second-order valence-corrected chi connectivity index (χ2v) is 4.91. The maximum absolute atomic E-state index is 12.0. The molecule has 5 nitrogen and oxygen atoms in total. The molecule has 0 atom stereocenters. The van der Waals surface area contributed by atoms with Crippen molar-refractivity contribution in [2.45, 2.75) is 13.1 Å². The summed E-state index contributed by atoms with van der Waals surface area (Å²) in [4.78, 5) is 11.5. The maximum atomic E-state index is 12.0. The number of azo groups is 1. The number of carbonyl (C=O) groups excluding carboxylic acids is 1. The van der Waals surface area contributed by atoms with Crippen LogP contribution in [0.2, 0.25) is 0 Å².